The monoisotopic (exact) mass is 296 g/mol. The molecule has 5 heteroatoms. The first-order valence-electron chi connectivity index (χ1n) is 7.32. The largest absolute Gasteiger partial charge is 0.381 e. The molecular formula is C15H21ClN2O2. The lowest BCUT2D eigenvalue weighted by Crippen LogP contribution is -2.30. The third-order valence-corrected chi connectivity index (χ3v) is 4.48. The van der Waals surface area contributed by atoms with E-state index in [1.807, 2.05) is 0 Å². The Morgan fingerprint density at radius 3 is 2.65 bits per heavy atom. The van der Waals surface area contributed by atoms with E-state index in [0.717, 1.165) is 12.1 Å². The van der Waals surface area contributed by atoms with Gasteiger partial charge in [-0.3, -0.25) is 10.1 Å². The molecule has 1 aromatic rings. The van der Waals surface area contributed by atoms with Crippen LogP contribution in [0.3, 0.4) is 0 Å². The molecule has 1 saturated carbocycles. The van der Waals surface area contributed by atoms with E-state index in [-0.39, 0.29) is 5.69 Å². The number of hydrogen-bond donors (Lipinski definition) is 1. The van der Waals surface area contributed by atoms with Crippen molar-refractivity contribution >= 4 is 23.0 Å². The summed E-state index contributed by atoms with van der Waals surface area (Å²) in [6.45, 7) is 2.17. The van der Waals surface area contributed by atoms with Crippen molar-refractivity contribution in [3.63, 3.8) is 0 Å². The molecule has 0 heterocycles. The van der Waals surface area contributed by atoms with Crippen LogP contribution < -0.4 is 5.32 Å². The number of rotatable bonds is 5. The van der Waals surface area contributed by atoms with E-state index < -0.39 is 4.92 Å². The number of halogens is 1. The van der Waals surface area contributed by atoms with Gasteiger partial charge in [0.15, 0.2) is 0 Å². The number of nitro groups is 1. The first-order chi connectivity index (χ1) is 9.61. The van der Waals surface area contributed by atoms with Crippen molar-refractivity contribution in [3.8, 4) is 0 Å². The van der Waals surface area contributed by atoms with Gasteiger partial charge < -0.3 is 5.32 Å². The number of hydrogen-bond acceptors (Lipinski definition) is 3. The minimum Gasteiger partial charge on any atom is -0.381 e. The molecule has 1 aliphatic carbocycles. The summed E-state index contributed by atoms with van der Waals surface area (Å²) in [6, 6.07) is 5.03. The lowest BCUT2D eigenvalue weighted by atomic mass is 9.83. The summed E-state index contributed by atoms with van der Waals surface area (Å²) in [4.78, 5) is 10.3. The zero-order chi connectivity index (χ0) is 14.5. The van der Waals surface area contributed by atoms with Crippen LogP contribution >= 0.6 is 11.6 Å². The van der Waals surface area contributed by atoms with E-state index in [4.69, 9.17) is 11.6 Å². The predicted molar refractivity (Wildman–Crippen MR) is 82.4 cm³/mol. The van der Waals surface area contributed by atoms with Crippen molar-refractivity contribution in [1.29, 1.82) is 0 Å². The Labute approximate surface area is 124 Å². The summed E-state index contributed by atoms with van der Waals surface area (Å²) in [5.74, 6) is 0.681. The highest BCUT2D eigenvalue weighted by molar-refractivity contribution is 6.33. The van der Waals surface area contributed by atoms with Gasteiger partial charge in [-0.1, -0.05) is 37.8 Å². The predicted octanol–water partition coefficient (Wildman–Crippen LogP) is 5.02. The standard InChI is InChI=1S/C15H21ClN2O2/c1-2-14(11-6-4-3-5-7-11)17-15-9-8-12(18(19)20)10-13(15)16/h8-11,14,17H,2-7H2,1H3. The molecule has 1 atom stereocenters. The summed E-state index contributed by atoms with van der Waals surface area (Å²) < 4.78 is 0. The normalized spacial score (nSPS) is 17.7. The van der Waals surface area contributed by atoms with Gasteiger partial charge in [-0.2, -0.15) is 0 Å². The number of nitrogens with one attached hydrogen (secondary N) is 1. The summed E-state index contributed by atoms with van der Waals surface area (Å²) >= 11 is 6.15. The van der Waals surface area contributed by atoms with Crippen molar-refractivity contribution in [3.05, 3.63) is 33.3 Å². The second kappa shape index (κ2) is 6.93. The molecule has 2 rings (SSSR count). The van der Waals surface area contributed by atoms with Crippen LogP contribution in [0, 0.1) is 16.0 Å². The third kappa shape index (κ3) is 3.63. The van der Waals surface area contributed by atoms with E-state index in [0.29, 0.717) is 17.0 Å². The Balaban J connectivity index is 2.08. The molecule has 1 unspecified atom stereocenters. The molecule has 110 valence electrons. The molecule has 0 spiro atoms. The van der Waals surface area contributed by atoms with E-state index in [2.05, 4.69) is 12.2 Å². The van der Waals surface area contributed by atoms with Crippen molar-refractivity contribution < 1.29 is 4.92 Å². The van der Waals surface area contributed by atoms with Crippen LogP contribution in [0.2, 0.25) is 5.02 Å². The first-order valence-corrected chi connectivity index (χ1v) is 7.70. The highest BCUT2D eigenvalue weighted by Gasteiger charge is 2.23. The molecular weight excluding hydrogens is 276 g/mol. The van der Waals surface area contributed by atoms with Gasteiger partial charge >= 0.3 is 0 Å². The topological polar surface area (TPSA) is 55.2 Å². The molecule has 0 bridgehead atoms. The van der Waals surface area contributed by atoms with Crippen LogP contribution in [0.5, 0.6) is 0 Å². The Hall–Kier alpha value is -1.29. The maximum Gasteiger partial charge on any atom is 0.271 e. The molecule has 1 aliphatic rings. The summed E-state index contributed by atoms with van der Waals surface area (Å²) in [7, 11) is 0. The molecule has 0 amide bonds. The van der Waals surface area contributed by atoms with Crippen molar-refractivity contribution in [1.82, 2.24) is 0 Å². The lowest BCUT2D eigenvalue weighted by molar-refractivity contribution is -0.384. The number of nitro benzene ring substituents is 1. The van der Waals surface area contributed by atoms with E-state index >= 15 is 0 Å². The number of benzene rings is 1. The Morgan fingerprint density at radius 2 is 2.10 bits per heavy atom. The van der Waals surface area contributed by atoms with Gasteiger partial charge in [0.1, 0.15) is 0 Å². The van der Waals surface area contributed by atoms with Crippen molar-refractivity contribution in [2.75, 3.05) is 5.32 Å². The Bertz CT molecular complexity index is 473. The van der Waals surface area contributed by atoms with Crippen LogP contribution in [0.15, 0.2) is 18.2 Å². The average Bonchev–Trinajstić information content (AvgIpc) is 2.46. The van der Waals surface area contributed by atoms with Gasteiger partial charge in [0.25, 0.3) is 5.69 Å². The molecule has 0 aliphatic heterocycles. The van der Waals surface area contributed by atoms with Crippen LogP contribution in [0.25, 0.3) is 0 Å². The van der Waals surface area contributed by atoms with Crippen LogP contribution in [0.4, 0.5) is 11.4 Å². The quantitative estimate of drug-likeness (QED) is 0.613. The first kappa shape index (κ1) is 15.1. The minimum absolute atomic E-state index is 0.0336. The second-order valence-corrected chi connectivity index (χ2v) is 5.89. The fourth-order valence-corrected chi connectivity index (χ4v) is 3.25. The van der Waals surface area contributed by atoms with Gasteiger partial charge in [0.2, 0.25) is 0 Å². The average molecular weight is 297 g/mol. The van der Waals surface area contributed by atoms with E-state index in [1.165, 1.54) is 44.2 Å². The number of anilines is 1. The summed E-state index contributed by atoms with van der Waals surface area (Å²) in [5.41, 5.74) is 0.834. The van der Waals surface area contributed by atoms with Gasteiger partial charge in [-0.05, 0) is 31.2 Å². The molecule has 1 aromatic carbocycles. The second-order valence-electron chi connectivity index (χ2n) is 5.48. The maximum absolute atomic E-state index is 10.7. The molecule has 1 fully saturated rings. The van der Waals surface area contributed by atoms with E-state index in [1.54, 1.807) is 6.07 Å². The van der Waals surface area contributed by atoms with Crippen molar-refractivity contribution in [2.24, 2.45) is 5.92 Å². The molecule has 20 heavy (non-hydrogen) atoms. The van der Waals surface area contributed by atoms with E-state index in [9.17, 15) is 10.1 Å². The van der Waals surface area contributed by atoms with Gasteiger partial charge in [0.05, 0.1) is 15.6 Å². The van der Waals surface area contributed by atoms with Gasteiger partial charge in [-0.25, -0.2) is 0 Å². The fraction of sp³-hybridized carbons (Fsp3) is 0.600. The van der Waals surface area contributed by atoms with Crippen LogP contribution in [-0.2, 0) is 0 Å². The van der Waals surface area contributed by atoms with Crippen molar-refractivity contribution in [2.45, 2.75) is 51.5 Å². The molecule has 0 radical (unpaired) electrons. The molecule has 4 nitrogen and oxygen atoms in total. The van der Waals surface area contributed by atoms with Gasteiger partial charge in [-0.15, -0.1) is 0 Å². The van der Waals surface area contributed by atoms with Gasteiger partial charge in [0, 0.05) is 18.2 Å². The molecule has 0 saturated heterocycles. The highest BCUT2D eigenvalue weighted by Crippen LogP contribution is 2.32. The Kier molecular flexibility index (Phi) is 5.24. The number of non-ortho nitro benzene ring substituents is 1. The summed E-state index contributed by atoms with van der Waals surface area (Å²) in [6.07, 6.45) is 7.50. The maximum atomic E-state index is 10.7. The molecule has 1 N–H and O–H groups in total. The lowest BCUT2D eigenvalue weighted by Gasteiger charge is -2.31. The Morgan fingerprint density at radius 1 is 1.40 bits per heavy atom. The third-order valence-electron chi connectivity index (χ3n) is 4.16. The summed E-state index contributed by atoms with van der Waals surface area (Å²) in [5, 5.41) is 14.6. The smallest absolute Gasteiger partial charge is 0.271 e. The zero-order valence-electron chi connectivity index (χ0n) is 11.8. The number of nitrogens with zero attached hydrogens (tertiary/aromatic N) is 1. The fourth-order valence-electron chi connectivity index (χ4n) is 3.02. The minimum atomic E-state index is -0.423. The zero-order valence-corrected chi connectivity index (χ0v) is 12.5. The highest BCUT2D eigenvalue weighted by atomic mass is 35.5. The SMILES string of the molecule is CCC(Nc1ccc([N+](=O)[O-])cc1Cl)C1CCCCC1. The molecule has 0 aromatic heterocycles. The van der Waals surface area contributed by atoms with Crippen LogP contribution in [-0.4, -0.2) is 11.0 Å². The van der Waals surface area contributed by atoms with Crippen LogP contribution in [0.1, 0.15) is 45.4 Å².